The first-order chi connectivity index (χ1) is 13.0. The van der Waals surface area contributed by atoms with E-state index in [4.69, 9.17) is 16.3 Å². The molecule has 0 unspecified atom stereocenters. The van der Waals surface area contributed by atoms with Crippen molar-refractivity contribution in [3.8, 4) is 0 Å². The smallest absolute Gasteiger partial charge is 0.101 e. The molecule has 1 aliphatic carbocycles. The topological polar surface area (TPSA) is 9.23 Å². The second-order valence-corrected chi connectivity index (χ2v) is 10.2. The molecule has 0 fully saturated rings. The molecule has 160 valence electrons. The average Bonchev–Trinajstić information content (AvgIpc) is 2.77. The van der Waals surface area contributed by atoms with Crippen molar-refractivity contribution in [1.29, 1.82) is 0 Å². The van der Waals surface area contributed by atoms with E-state index in [0.717, 1.165) is 12.2 Å². The second kappa shape index (κ2) is 10.7. The Morgan fingerprint density at radius 3 is 2.07 bits per heavy atom. The molecular formula is C26H43ClO. The monoisotopic (exact) mass is 406 g/mol. The minimum Gasteiger partial charge on any atom is -0.497 e. The molecule has 0 saturated carbocycles. The van der Waals surface area contributed by atoms with E-state index in [9.17, 15) is 0 Å². The highest BCUT2D eigenvalue weighted by molar-refractivity contribution is 6.17. The van der Waals surface area contributed by atoms with Crippen LogP contribution in [0.5, 0.6) is 0 Å². The summed E-state index contributed by atoms with van der Waals surface area (Å²) in [6.07, 6.45) is 6.91. The average molecular weight is 407 g/mol. The van der Waals surface area contributed by atoms with Crippen LogP contribution in [0.3, 0.4) is 0 Å². The molecule has 28 heavy (non-hydrogen) atoms. The third kappa shape index (κ3) is 6.83. The van der Waals surface area contributed by atoms with E-state index in [1.807, 2.05) is 0 Å². The van der Waals surface area contributed by atoms with Gasteiger partial charge in [-0.3, -0.25) is 0 Å². The Morgan fingerprint density at radius 1 is 1.07 bits per heavy atom. The number of fused-ring (bicyclic) bond motifs is 1. The van der Waals surface area contributed by atoms with Gasteiger partial charge in [0.25, 0.3) is 0 Å². The summed E-state index contributed by atoms with van der Waals surface area (Å²) in [4.78, 5) is 0. The Morgan fingerprint density at radius 2 is 1.61 bits per heavy atom. The highest BCUT2D eigenvalue weighted by Gasteiger charge is 2.42. The van der Waals surface area contributed by atoms with E-state index < -0.39 is 0 Å². The molecule has 0 aromatic heterocycles. The van der Waals surface area contributed by atoms with Gasteiger partial charge in [0.2, 0.25) is 0 Å². The van der Waals surface area contributed by atoms with Crippen molar-refractivity contribution in [2.75, 3.05) is 12.5 Å². The van der Waals surface area contributed by atoms with Gasteiger partial charge in [0, 0.05) is 6.42 Å². The lowest BCUT2D eigenvalue weighted by Gasteiger charge is -2.22. The molecule has 0 aliphatic heterocycles. The summed E-state index contributed by atoms with van der Waals surface area (Å²) in [5.74, 6) is 2.05. The van der Waals surface area contributed by atoms with Crippen molar-refractivity contribution in [2.24, 2.45) is 5.92 Å². The summed E-state index contributed by atoms with van der Waals surface area (Å²) in [7, 11) is 0. The van der Waals surface area contributed by atoms with Gasteiger partial charge in [-0.05, 0) is 58.4 Å². The van der Waals surface area contributed by atoms with Gasteiger partial charge in [-0.25, -0.2) is 0 Å². The van der Waals surface area contributed by atoms with Gasteiger partial charge in [-0.15, -0.1) is 11.6 Å². The van der Waals surface area contributed by atoms with Crippen molar-refractivity contribution in [3.63, 3.8) is 0 Å². The van der Waals surface area contributed by atoms with E-state index in [1.165, 1.54) is 41.5 Å². The Bertz CT molecular complexity index is 651. The number of benzene rings is 1. The van der Waals surface area contributed by atoms with Gasteiger partial charge in [0.05, 0.1) is 11.6 Å². The first-order valence-electron chi connectivity index (χ1n) is 11.0. The van der Waals surface area contributed by atoms with E-state index >= 15 is 0 Å². The number of hydrogen-bond donors (Lipinski definition) is 0. The van der Waals surface area contributed by atoms with Crippen LogP contribution < -0.4 is 0 Å². The first-order valence-corrected chi connectivity index (χ1v) is 11.6. The molecule has 2 heteroatoms. The minimum atomic E-state index is 0.236. The Labute approximate surface area is 179 Å². The van der Waals surface area contributed by atoms with E-state index in [0.29, 0.717) is 18.4 Å². The fraction of sp³-hybridized carbons (Fsp3) is 0.692. The SMILES string of the molecule is CCCC.Cc1cc2c(cc1C/C(=C/C(C)C)OCCCl)C(C)(C)CC2(C)C. The fourth-order valence-electron chi connectivity index (χ4n) is 4.25. The fourth-order valence-corrected chi connectivity index (χ4v) is 4.32. The van der Waals surface area contributed by atoms with Gasteiger partial charge in [-0.1, -0.05) is 80.4 Å². The standard InChI is InChI=1S/C22H33ClO.C4H10/c1-15(2)10-18(24-9-8-23)12-17-13-20-19(11-16(17)3)21(4,5)14-22(20,6)7;1-3-4-2/h10-11,13,15H,8-9,12,14H2,1-7H3;3-4H2,1-2H3/b18-10-;. The third-order valence-corrected chi connectivity index (χ3v) is 5.72. The zero-order valence-electron chi connectivity index (χ0n) is 19.8. The predicted octanol–water partition coefficient (Wildman–Crippen LogP) is 8.10. The number of rotatable bonds is 7. The van der Waals surface area contributed by atoms with Crippen LogP contribution in [0, 0.1) is 12.8 Å². The molecule has 0 bridgehead atoms. The second-order valence-electron chi connectivity index (χ2n) is 9.86. The molecule has 0 atom stereocenters. The van der Waals surface area contributed by atoms with Crippen LogP contribution in [0.25, 0.3) is 0 Å². The molecule has 0 amide bonds. The summed E-state index contributed by atoms with van der Waals surface area (Å²) in [6, 6.07) is 4.84. The van der Waals surface area contributed by atoms with Gasteiger partial charge in [0.15, 0.2) is 0 Å². The van der Waals surface area contributed by atoms with Gasteiger partial charge in [0.1, 0.15) is 6.61 Å². The maximum absolute atomic E-state index is 5.90. The van der Waals surface area contributed by atoms with E-state index in [2.05, 4.69) is 80.5 Å². The number of unbranched alkanes of at least 4 members (excludes halogenated alkanes) is 1. The lowest BCUT2D eigenvalue weighted by molar-refractivity contribution is 0.222. The predicted molar refractivity (Wildman–Crippen MR) is 126 cm³/mol. The van der Waals surface area contributed by atoms with Crippen molar-refractivity contribution >= 4 is 11.6 Å². The number of ether oxygens (including phenoxy) is 1. The molecule has 0 spiro atoms. The van der Waals surface area contributed by atoms with Crippen molar-refractivity contribution < 1.29 is 4.74 Å². The van der Waals surface area contributed by atoms with Crippen LogP contribution in [-0.4, -0.2) is 12.5 Å². The van der Waals surface area contributed by atoms with Crippen LogP contribution >= 0.6 is 11.6 Å². The normalized spacial score (nSPS) is 17.2. The summed E-state index contributed by atoms with van der Waals surface area (Å²) in [6.45, 7) is 21.0. The zero-order valence-corrected chi connectivity index (χ0v) is 20.6. The molecule has 2 rings (SSSR count). The summed E-state index contributed by atoms with van der Waals surface area (Å²) < 4.78 is 5.90. The van der Waals surface area contributed by atoms with Crippen LogP contribution in [0.15, 0.2) is 24.0 Å². The zero-order chi connectivity index (χ0) is 21.5. The van der Waals surface area contributed by atoms with E-state index in [1.54, 1.807) is 0 Å². The van der Waals surface area contributed by atoms with E-state index in [-0.39, 0.29) is 10.8 Å². The highest BCUT2D eigenvalue weighted by Crippen LogP contribution is 2.50. The Hall–Kier alpha value is -0.950. The van der Waals surface area contributed by atoms with Gasteiger partial charge >= 0.3 is 0 Å². The number of hydrogen-bond acceptors (Lipinski definition) is 1. The molecule has 0 radical (unpaired) electrons. The van der Waals surface area contributed by atoms with Crippen molar-refractivity contribution in [1.82, 2.24) is 0 Å². The lowest BCUT2D eigenvalue weighted by Crippen LogP contribution is -2.18. The molecular weight excluding hydrogens is 364 g/mol. The maximum Gasteiger partial charge on any atom is 0.101 e. The van der Waals surface area contributed by atoms with Gasteiger partial charge in [-0.2, -0.15) is 0 Å². The molecule has 1 aromatic carbocycles. The molecule has 1 nitrogen and oxygen atoms in total. The van der Waals surface area contributed by atoms with Gasteiger partial charge < -0.3 is 4.74 Å². The molecule has 0 heterocycles. The summed E-state index contributed by atoms with van der Waals surface area (Å²) in [5, 5.41) is 0. The summed E-state index contributed by atoms with van der Waals surface area (Å²) >= 11 is 5.81. The number of alkyl halides is 1. The molecule has 0 N–H and O–H groups in total. The first kappa shape index (κ1) is 25.1. The molecule has 1 aromatic rings. The van der Waals surface area contributed by atoms with Crippen molar-refractivity contribution in [2.45, 2.75) is 98.8 Å². The lowest BCUT2D eigenvalue weighted by atomic mass is 9.82. The third-order valence-electron chi connectivity index (χ3n) is 5.57. The Balaban J connectivity index is 0.000000892. The van der Waals surface area contributed by atoms with Crippen LogP contribution in [0.4, 0.5) is 0 Å². The van der Waals surface area contributed by atoms with Crippen LogP contribution in [0.2, 0.25) is 0 Å². The number of allylic oxidation sites excluding steroid dienone is 2. The largest absolute Gasteiger partial charge is 0.497 e. The molecule has 0 saturated heterocycles. The Kier molecular flexibility index (Phi) is 9.60. The minimum absolute atomic E-state index is 0.236. The maximum atomic E-state index is 5.90. The van der Waals surface area contributed by atoms with Crippen LogP contribution in [-0.2, 0) is 22.0 Å². The number of halogens is 1. The molecule has 1 aliphatic rings. The van der Waals surface area contributed by atoms with Crippen molar-refractivity contribution in [3.05, 3.63) is 46.2 Å². The quantitative estimate of drug-likeness (QED) is 0.328. The van der Waals surface area contributed by atoms with Crippen LogP contribution in [0.1, 0.15) is 96.9 Å². The summed E-state index contributed by atoms with van der Waals surface area (Å²) in [5.41, 5.74) is 6.26. The number of aryl methyl sites for hydroxylation is 1. The highest BCUT2D eigenvalue weighted by atomic mass is 35.5.